The zero-order valence-corrected chi connectivity index (χ0v) is 20.1. The smallest absolute Gasteiger partial charge is 0.417 e. The number of carbonyl (C=O) groups is 1. The molecule has 37 heavy (non-hydrogen) atoms. The lowest BCUT2D eigenvalue weighted by Gasteiger charge is -2.32. The molecule has 6 nitrogen and oxygen atoms in total. The van der Waals surface area contributed by atoms with E-state index in [2.05, 4.69) is 21.0 Å². The van der Waals surface area contributed by atoms with Gasteiger partial charge in [0, 0.05) is 43.1 Å². The number of rotatable bonds is 5. The first-order valence-electron chi connectivity index (χ1n) is 12.0. The van der Waals surface area contributed by atoms with Crippen LogP contribution in [0.15, 0.2) is 72.7 Å². The van der Waals surface area contributed by atoms with Crippen LogP contribution in [0.4, 0.5) is 13.2 Å². The quantitative estimate of drug-likeness (QED) is 0.321. The fraction of sp³-hybridized carbons (Fsp3) is 0.250. The lowest BCUT2D eigenvalue weighted by molar-refractivity contribution is -0.137. The van der Waals surface area contributed by atoms with E-state index < -0.39 is 11.7 Å². The number of alkyl halides is 3. The summed E-state index contributed by atoms with van der Waals surface area (Å²) < 4.78 is 43.9. The molecule has 1 N–H and O–H groups in total. The predicted molar refractivity (Wildman–Crippen MR) is 134 cm³/mol. The molecule has 0 atom stereocenters. The van der Waals surface area contributed by atoms with E-state index in [4.69, 9.17) is 4.74 Å². The van der Waals surface area contributed by atoms with Crippen LogP contribution in [0.3, 0.4) is 0 Å². The number of ether oxygens (including phenoxy) is 1. The van der Waals surface area contributed by atoms with Crippen molar-refractivity contribution in [2.45, 2.75) is 37.9 Å². The number of H-pyrrole nitrogens is 1. The van der Waals surface area contributed by atoms with Crippen LogP contribution in [0.1, 0.15) is 47.2 Å². The summed E-state index contributed by atoms with van der Waals surface area (Å²) in [7, 11) is 1.85. The zero-order valence-electron chi connectivity index (χ0n) is 20.1. The van der Waals surface area contributed by atoms with Gasteiger partial charge in [-0.05, 0) is 61.6 Å². The molecule has 190 valence electrons. The maximum absolute atomic E-state index is 13.0. The minimum absolute atomic E-state index is 0.0326. The van der Waals surface area contributed by atoms with E-state index in [0.29, 0.717) is 11.3 Å². The van der Waals surface area contributed by atoms with Crippen LogP contribution in [0.5, 0.6) is 11.6 Å². The van der Waals surface area contributed by atoms with Gasteiger partial charge in [0.2, 0.25) is 5.88 Å². The fourth-order valence-electron chi connectivity index (χ4n) is 4.56. The van der Waals surface area contributed by atoms with E-state index in [-0.39, 0.29) is 17.8 Å². The first-order valence-corrected chi connectivity index (χ1v) is 12.0. The second kappa shape index (κ2) is 10.1. The van der Waals surface area contributed by atoms with Crippen molar-refractivity contribution in [3.8, 4) is 11.6 Å². The zero-order chi connectivity index (χ0) is 26.0. The number of pyridine rings is 2. The van der Waals surface area contributed by atoms with Crippen molar-refractivity contribution in [1.82, 2.24) is 19.9 Å². The third-order valence-electron chi connectivity index (χ3n) is 6.63. The van der Waals surface area contributed by atoms with Crippen molar-refractivity contribution in [3.63, 3.8) is 0 Å². The summed E-state index contributed by atoms with van der Waals surface area (Å²) in [5.41, 5.74) is 2.73. The molecule has 0 spiro atoms. The van der Waals surface area contributed by atoms with Gasteiger partial charge in [-0.2, -0.15) is 13.2 Å². The molecule has 4 aromatic rings. The summed E-state index contributed by atoms with van der Waals surface area (Å²) >= 11 is 0. The Hall–Kier alpha value is -4.14. The van der Waals surface area contributed by atoms with Crippen LogP contribution >= 0.6 is 0 Å². The van der Waals surface area contributed by atoms with E-state index in [1.54, 1.807) is 18.5 Å². The summed E-state index contributed by atoms with van der Waals surface area (Å²) in [6, 6.07) is 13.4. The van der Waals surface area contributed by atoms with Gasteiger partial charge in [0.25, 0.3) is 5.91 Å². The highest BCUT2D eigenvalue weighted by Crippen LogP contribution is 2.32. The number of fused-ring (bicyclic) bond motifs is 1. The van der Waals surface area contributed by atoms with Crippen molar-refractivity contribution in [2.75, 3.05) is 7.05 Å². The summed E-state index contributed by atoms with van der Waals surface area (Å²) in [5.74, 6) is 0.556. The van der Waals surface area contributed by atoms with Crippen LogP contribution < -0.4 is 4.74 Å². The third kappa shape index (κ3) is 5.66. The first kappa shape index (κ1) is 24.5. The van der Waals surface area contributed by atoms with Gasteiger partial charge < -0.3 is 14.6 Å². The van der Waals surface area contributed by atoms with Crippen molar-refractivity contribution < 1.29 is 22.7 Å². The summed E-state index contributed by atoms with van der Waals surface area (Å²) in [4.78, 5) is 26.0. The molecular formula is C28H25F3N4O2. The van der Waals surface area contributed by atoms with Crippen LogP contribution in [0.2, 0.25) is 0 Å². The number of amides is 1. The fourth-order valence-corrected chi connectivity index (χ4v) is 4.56. The number of allylic oxidation sites excluding steroid dienone is 1. The monoisotopic (exact) mass is 506 g/mol. The average molecular weight is 507 g/mol. The molecule has 0 radical (unpaired) electrons. The maximum atomic E-state index is 13.0. The highest BCUT2D eigenvalue weighted by molar-refractivity contribution is 5.97. The average Bonchev–Trinajstić information content (AvgIpc) is 3.36. The Morgan fingerprint density at radius 1 is 1.08 bits per heavy atom. The van der Waals surface area contributed by atoms with E-state index in [9.17, 15) is 18.0 Å². The van der Waals surface area contributed by atoms with Crippen LogP contribution in [0, 0.1) is 0 Å². The molecule has 1 aromatic carbocycles. The van der Waals surface area contributed by atoms with E-state index >= 15 is 0 Å². The molecule has 1 aliphatic rings. The van der Waals surface area contributed by atoms with Gasteiger partial charge in [-0.15, -0.1) is 0 Å². The maximum Gasteiger partial charge on any atom is 0.417 e. The van der Waals surface area contributed by atoms with E-state index in [1.807, 2.05) is 42.3 Å². The van der Waals surface area contributed by atoms with Gasteiger partial charge in [-0.3, -0.25) is 4.79 Å². The molecule has 1 fully saturated rings. The second-order valence-electron chi connectivity index (χ2n) is 9.15. The topological polar surface area (TPSA) is 71.1 Å². The van der Waals surface area contributed by atoms with Crippen LogP contribution in [-0.2, 0) is 6.18 Å². The lowest BCUT2D eigenvalue weighted by Crippen LogP contribution is -2.38. The van der Waals surface area contributed by atoms with Gasteiger partial charge in [0.1, 0.15) is 11.4 Å². The van der Waals surface area contributed by atoms with Gasteiger partial charge in [0.15, 0.2) is 0 Å². The molecule has 0 unspecified atom stereocenters. The normalized spacial score (nSPS) is 16.0. The predicted octanol–water partition coefficient (Wildman–Crippen LogP) is 6.87. The van der Waals surface area contributed by atoms with Gasteiger partial charge in [0.05, 0.1) is 11.1 Å². The van der Waals surface area contributed by atoms with Gasteiger partial charge >= 0.3 is 6.18 Å². The molecule has 3 aromatic heterocycles. The first-order chi connectivity index (χ1) is 17.8. The van der Waals surface area contributed by atoms with Crippen molar-refractivity contribution in [2.24, 2.45) is 0 Å². The van der Waals surface area contributed by atoms with E-state index in [1.165, 1.54) is 11.6 Å². The van der Waals surface area contributed by atoms with E-state index in [0.717, 1.165) is 54.5 Å². The largest absolute Gasteiger partial charge is 0.439 e. The number of nitrogens with one attached hydrogen (secondary N) is 1. The summed E-state index contributed by atoms with van der Waals surface area (Å²) in [5, 5.41) is 0.911. The molecule has 3 heterocycles. The number of aromatic nitrogens is 3. The minimum atomic E-state index is -4.44. The standard InChI is InChI=1S/C28H25F3N4O2/c1-35(27(36)21-15-20-11-12-32-26(20)34-16-21)23-8-5-18(6-9-23)13-19-3-2-4-24(14-19)37-25-10-7-22(17-33-25)28(29,30)31/h2-4,7,10-17,23H,5-6,8-9H2,1H3,(H,32,34). The molecule has 5 rings (SSSR count). The molecule has 1 saturated carbocycles. The molecule has 0 saturated heterocycles. The number of carbonyl (C=O) groups excluding carboxylic acids is 1. The number of hydrogen-bond donors (Lipinski definition) is 1. The minimum Gasteiger partial charge on any atom is -0.439 e. The van der Waals surface area contributed by atoms with Crippen molar-refractivity contribution in [1.29, 1.82) is 0 Å². The summed E-state index contributed by atoms with van der Waals surface area (Å²) in [6.45, 7) is 0. The Bertz CT molecular complexity index is 1430. The number of halogens is 3. The van der Waals surface area contributed by atoms with Crippen molar-refractivity contribution in [3.05, 3.63) is 89.4 Å². The number of aromatic amines is 1. The Balaban J connectivity index is 1.19. The molecule has 1 aliphatic carbocycles. The Morgan fingerprint density at radius 3 is 2.62 bits per heavy atom. The highest BCUT2D eigenvalue weighted by atomic mass is 19.4. The van der Waals surface area contributed by atoms with Gasteiger partial charge in [-0.1, -0.05) is 23.8 Å². The second-order valence-corrected chi connectivity index (χ2v) is 9.15. The van der Waals surface area contributed by atoms with Gasteiger partial charge in [-0.25, -0.2) is 9.97 Å². The molecule has 0 aliphatic heterocycles. The number of nitrogens with zero attached hydrogens (tertiary/aromatic N) is 3. The SMILES string of the molecule is CN(C(=O)c1cnc2[nH]ccc2c1)C1CCC(=Cc2cccc(Oc3ccc(C(F)(F)F)cn3)c2)CC1. The third-order valence-corrected chi connectivity index (χ3v) is 6.63. The molecule has 0 bridgehead atoms. The van der Waals surface area contributed by atoms with Crippen LogP contribution in [0.25, 0.3) is 17.1 Å². The molecule has 9 heteroatoms. The Morgan fingerprint density at radius 2 is 1.89 bits per heavy atom. The summed E-state index contributed by atoms with van der Waals surface area (Å²) in [6.07, 6.45) is 5.29. The Kier molecular flexibility index (Phi) is 6.69. The number of benzene rings is 1. The molecule has 1 amide bonds. The highest BCUT2D eigenvalue weighted by Gasteiger charge is 2.30. The van der Waals surface area contributed by atoms with Crippen LogP contribution in [-0.4, -0.2) is 38.8 Å². The Labute approximate surface area is 211 Å². The molecular weight excluding hydrogens is 481 g/mol. The van der Waals surface area contributed by atoms with Crippen molar-refractivity contribution >= 4 is 23.0 Å². The number of hydrogen-bond acceptors (Lipinski definition) is 4. The lowest BCUT2D eigenvalue weighted by atomic mass is 9.88.